The van der Waals surface area contributed by atoms with Crippen molar-refractivity contribution in [3.63, 3.8) is 0 Å². The molecule has 0 radical (unpaired) electrons. The van der Waals surface area contributed by atoms with Gasteiger partial charge in [-0.3, -0.25) is 4.79 Å². The van der Waals surface area contributed by atoms with E-state index in [9.17, 15) is 4.79 Å². The molecule has 0 fully saturated rings. The lowest BCUT2D eigenvalue weighted by Crippen LogP contribution is -1.95. The topological polar surface area (TPSA) is 48.7 Å². The number of benzene rings is 1. The lowest BCUT2D eigenvalue weighted by Gasteiger charge is -2.06. The highest BCUT2D eigenvalue weighted by atomic mass is 32.1. The second-order valence-electron chi connectivity index (χ2n) is 6.02. The summed E-state index contributed by atoms with van der Waals surface area (Å²) in [5.74, 6) is 2.86. The van der Waals surface area contributed by atoms with E-state index >= 15 is 0 Å². The maximum absolute atomic E-state index is 12.3. The third-order valence-electron chi connectivity index (χ3n) is 3.90. The van der Waals surface area contributed by atoms with Crippen LogP contribution >= 0.6 is 11.3 Å². The minimum atomic E-state index is -0.0135. The molecule has 0 bridgehead atoms. The van der Waals surface area contributed by atoms with Crippen molar-refractivity contribution in [1.29, 1.82) is 0 Å². The van der Waals surface area contributed by atoms with Gasteiger partial charge in [0.25, 0.3) is 0 Å². The van der Waals surface area contributed by atoms with Gasteiger partial charge in [0.05, 0.1) is 6.61 Å². The normalized spacial score (nSPS) is 11.1. The zero-order valence-electron chi connectivity index (χ0n) is 15.7. The third kappa shape index (κ3) is 5.11. The van der Waals surface area contributed by atoms with Gasteiger partial charge in [-0.25, -0.2) is 0 Å². The summed E-state index contributed by atoms with van der Waals surface area (Å²) >= 11 is 1.63. The van der Waals surface area contributed by atoms with Crippen LogP contribution < -0.4 is 9.47 Å². The molecule has 27 heavy (non-hydrogen) atoms. The molecule has 5 heteroatoms. The van der Waals surface area contributed by atoms with Gasteiger partial charge in [-0.05, 0) is 75.4 Å². The van der Waals surface area contributed by atoms with Crippen LogP contribution in [0.15, 0.2) is 53.0 Å². The Morgan fingerprint density at radius 2 is 1.78 bits per heavy atom. The Morgan fingerprint density at radius 3 is 2.41 bits per heavy atom. The van der Waals surface area contributed by atoms with Crippen LogP contribution in [0.4, 0.5) is 0 Å². The molecule has 0 atom stereocenters. The maximum atomic E-state index is 12.3. The lowest BCUT2D eigenvalue weighted by molar-refractivity contribution is 0.104. The summed E-state index contributed by atoms with van der Waals surface area (Å²) < 4.78 is 16.8. The van der Waals surface area contributed by atoms with Crippen LogP contribution in [0.2, 0.25) is 0 Å². The number of ether oxygens (including phenoxy) is 2. The number of thiophene rings is 1. The number of hydrogen-bond donors (Lipinski definition) is 0. The number of allylic oxidation sites excluding steroid dienone is 1. The van der Waals surface area contributed by atoms with E-state index in [0.717, 1.165) is 26.8 Å². The fraction of sp³-hybridized carbons (Fsp3) is 0.227. The minimum absolute atomic E-state index is 0.0135. The Kier molecular flexibility index (Phi) is 6.14. The molecule has 0 aliphatic heterocycles. The largest absolute Gasteiger partial charge is 0.494 e. The number of furan rings is 1. The monoisotopic (exact) mass is 382 g/mol. The number of ketones is 1. The average Bonchev–Trinajstić information content (AvgIpc) is 3.25. The molecule has 3 rings (SSSR count). The van der Waals surface area contributed by atoms with Crippen molar-refractivity contribution in [3.8, 4) is 11.5 Å². The number of carbonyl (C=O) groups excluding carboxylic acids is 1. The second kappa shape index (κ2) is 8.73. The van der Waals surface area contributed by atoms with E-state index in [-0.39, 0.29) is 5.78 Å². The molecule has 2 heterocycles. The maximum Gasteiger partial charge on any atom is 0.187 e. The number of carbonyl (C=O) groups is 1. The molecular formula is C22H22O4S. The predicted molar refractivity (Wildman–Crippen MR) is 108 cm³/mol. The third-order valence-corrected chi connectivity index (χ3v) is 4.87. The number of rotatable bonds is 8. The molecule has 0 saturated carbocycles. The predicted octanol–water partition coefficient (Wildman–Crippen LogP) is 5.83. The zero-order chi connectivity index (χ0) is 19.2. The van der Waals surface area contributed by atoms with Crippen molar-refractivity contribution in [3.05, 3.63) is 75.4 Å². The number of hydrogen-bond acceptors (Lipinski definition) is 5. The van der Waals surface area contributed by atoms with E-state index in [1.165, 1.54) is 0 Å². The molecule has 0 aliphatic carbocycles. The Bertz CT molecular complexity index is 932. The molecule has 0 spiro atoms. The highest BCUT2D eigenvalue weighted by Gasteiger charge is 2.09. The Labute approximate surface area is 163 Å². The molecule has 0 aliphatic rings. The van der Waals surface area contributed by atoms with Crippen LogP contribution in [0.25, 0.3) is 6.08 Å². The molecular weight excluding hydrogens is 360 g/mol. The van der Waals surface area contributed by atoms with Gasteiger partial charge in [0.2, 0.25) is 0 Å². The van der Waals surface area contributed by atoms with Crippen LogP contribution in [-0.2, 0) is 6.61 Å². The van der Waals surface area contributed by atoms with Crippen LogP contribution in [0, 0.1) is 13.8 Å². The summed E-state index contributed by atoms with van der Waals surface area (Å²) in [6.45, 7) is 6.86. The van der Waals surface area contributed by atoms with E-state index in [4.69, 9.17) is 13.9 Å². The van der Waals surface area contributed by atoms with Gasteiger partial charge in [-0.2, -0.15) is 0 Å². The molecule has 4 nitrogen and oxygen atoms in total. The highest BCUT2D eigenvalue weighted by Crippen LogP contribution is 2.22. The van der Waals surface area contributed by atoms with Crippen molar-refractivity contribution in [2.75, 3.05) is 6.61 Å². The summed E-state index contributed by atoms with van der Waals surface area (Å²) in [4.78, 5) is 14.5. The zero-order valence-corrected chi connectivity index (χ0v) is 16.5. The standard InChI is InChI=1S/C22H22O4S/c1-4-24-17-5-7-18(8-6-17)25-14-20-10-9-19(26-20)11-12-22(23)21-13-15(2)27-16(21)3/h5-13H,4,14H2,1-3H3/b12-11+. The van der Waals surface area contributed by atoms with Crippen molar-refractivity contribution >= 4 is 23.2 Å². The van der Waals surface area contributed by atoms with Gasteiger partial charge in [-0.1, -0.05) is 0 Å². The smallest absolute Gasteiger partial charge is 0.187 e. The Balaban J connectivity index is 1.56. The van der Waals surface area contributed by atoms with Gasteiger partial charge < -0.3 is 13.9 Å². The van der Waals surface area contributed by atoms with Crippen LogP contribution in [0.5, 0.6) is 11.5 Å². The summed E-state index contributed by atoms with van der Waals surface area (Å²) in [6.07, 6.45) is 3.24. The van der Waals surface area contributed by atoms with Gasteiger partial charge in [0.1, 0.15) is 29.6 Å². The van der Waals surface area contributed by atoms with Crippen molar-refractivity contribution in [1.82, 2.24) is 0 Å². The van der Waals surface area contributed by atoms with Gasteiger partial charge >= 0.3 is 0 Å². The molecule has 0 N–H and O–H groups in total. The fourth-order valence-electron chi connectivity index (χ4n) is 2.64. The summed E-state index contributed by atoms with van der Waals surface area (Å²) in [7, 11) is 0. The summed E-state index contributed by atoms with van der Waals surface area (Å²) in [5, 5.41) is 0. The first kappa shape index (κ1) is 19.0. The van der Waals surface area contributed by atoms with Gasteiger partial charge in [0, 0.05) is 15.3 Å². The van der Waals surface area contributed by atoms with Crippen molar-refractivity contribution < 1.29 is 18.7 Å². The minimum Gasteiger partial charge on any atom is -0.494 e. The first-order valence-electron chi connectivity index (χ1n) is 8.79. The molecule has 0 saturated heterocycles. The van der Waals surface area contributed by atoms with Crippen molar-refractivity contribution in [2.45, 2.75) is 27.4 Å². The lowest BCUT2D eigenvalue weighted by atomic mass is 10.1. The van der Waals surface area contributed by atoms with Crippen molar-refractivity contribution in [2.24, 2.45) is 0 Å². The molecule has 3 aromatic rings. The molecule has 1 aromatic carbocycles. The molecule has 140 valence electrons. The van der Waals surface area contributed by atoms with E-state index < -0.39 is 0 Å². The summed E-state index contributed by atoms with van der Waals surface area (Å²) in [6, 6.07) is 13.1. The number of aryl methyl sites for hydroxylation is 2. The van der Waals surface area contributed by atoms with E-state index in [1.807, 2.05) is 63.2 Å². The second-order valence-corrected chi connectivity index (χ2v) is 7.48. The summed E-state index contributed by atoms with van der Waals surface area (Å²) in [5.41, 5.74) is 0.749. The highest BCUT2D eigenvalue weighted by molar-refractivity contribution is 7.12. The van der Waals surface area contributed by atoms with Crippen LogP contribution in [0.3, 0.4) is 0 Å². The Morgan fingerprint density at radius 1 is 1.07 bits per heavy atom. The van der Waals surface area contributed by atoms with E-state index in [2.05, 4.69) is 0 Å². The van der Waals surface area contributed by atoms with E-state index in [1.54, 1.807) is 23.5 Å². The van der Waals surface area contributed by atoms with Crippen LogP contribution in [-0.4, -0.2) is 12.4 Å². The molecule has 0 amide bonds. The quantitative estimate of drug-likeness (QED) is 0.363. The van der Waals surface area contributed by atoms with Gasteiger partial charge in [0.15, 0.2) is 5.78 Å². The average molecular weight is 382 g/mol. The molecule has 2 aromatic heterocycles. The molecule has 0 unspecified atom stereocenters. The van der Waals surface area contributed by atoms with E-state index in [0.29, 0.717) is 24.7 Å². The first-order chi connectivity index (χ1) is 13.0. The van der Waals surface area contributed by atoms with Crippen LogP contribution in [0.1, 0.15) is 38.6 Å². The van der Waals surface area contributed by atoms with Gasteiger partial charge in [-0.15, -0.1) is 11.3 Å². The SMILES string of the molecule is CCOc1ccc(OCc2ccc(/C=C/C(=O)c3cc(C)sc3C)o2)cc1. The fourth-order valence-corrected chi connectivity index (χ4v) is 3.57. The Hall–Kier alpha value is -2.79. The first-order valence-corrected chi connectivity index (χ1v) is 9.60.